The summed E-state index contributed by atoms with van der Waals surface area (Å²) in [7, 11) is 0. The lowest BCUT2D eigenvalue weighted by atomic mass is 10.0. The standard InChI is InChI=1S/C20H14F6N2O3/c21-19(22,23)14-9-13(10-15(11-14)20(24,25)26)18(30)31-12-17(29)28(8-4-7-27)16-5-2-1-3-6-16/h1-3,5-6,9-11H,4,8,12H2. The summed E-state index contributed by atoms with van der Waals surface area (Å²) < 4.78 is 82.2. The Balaban J connectivity index is 2.22. The molecular formula is C20H14F6N2O3. The fourth-order valence-electron chi connectivity index (χ4n) is 2.53. The Labute approximate surface area is 172 Å². The van der Waals surface area contributed by atoms with Crippen LogP contribution in [0, 0.1) is 11.3 Å². The zero-order valence-corrected chi connectivity index (χ0v) is 15.6. The molecule has 0 fully saturated rings. The van der Waals surface area contributed by atoms with Crippen LogP contribution in [0.15, 0.2) is 48.5 Å². The molecule has 0 aliphatic rings. The fourth-order valence-corrected chi connectivity index (χ4v) is 2.53. The summed E-state index contributed by atoms with van der Waals surface area (Å²) in [5.74, 6) is -2.34. The Bertz CT molecular complexity index is 949. The van der Waals surface area contributed by atoms with Crippen LogP contribution in [-0.4, -0.2) is 25.0 Å². The first kappa shape index (κ1) is 23.7. The maximum Gasteiger partial charge on any atom is 0.416 e. The Kier molecular flexibility index (Phi) is 7.28. The molecule has 2 rings (SSSR count). The van der Waals surface area contributed by atoms with E-state index < -0.39 is 47.5 Å². The van der Waals surface area contributed by atoms with E-state index in [1.54, 1.807) is 30.3 Å². The average molecular weight is 444 g/mol. The highest BCUT2D eigenvalue weighted by atomic mass is 19.4. The maximum atomic E-state index is 12.9. The number of anilines is 1. The zero-order valence-electron chi connectivity index (χ0n) is 15.6. The van der Waals surface area contributed by atoms with Crippen LogP contribution in [0.2, 0.25) is 0 Å². The van der Waals surface area contributed by atoms with Gasteiger partial charge in [0.15, 0.2) is 6.61 Å². The monoisotopic (exact) mass is 444 g/mol. The van der Waals surface area contributed by atoms with Gasteiger partial charge in [0.2, 0.25) is 0 Å². The minimum Gasteiger partial charge on any atom is -0.452 e. The zero-order chi connectivity index (χ0) is 23.2. The number of rotatable bonds is 6. The first-order valence-electron chi connectivity index (χ1n) is 8.62. The molecule has 0 saturated carbocycles. The summed E-state index contributed by atoms with van der Waals surface area (Å²) >= 11 is 0. The number of nitrogens with zero attached hydrogens (tertiary/aromatic N) is 2. The highest BCUT2D eigenvalue weighted by Gasteiger charge is 2.37. The molecule has 0 bridgehead atoms. The summed E-state index contributed by atoms with van der Waals surface area (Å²) in [6.07, 6.45) is -10.3. The van der Waals surface area contributed by atoms with Crippen molar-refractivity contribution in [2.75, 3.05) is 18.1 Å². The van der Waals surface area contributed by atoms with E-state index in [0.29, 0.717) is 5.69 Å². The van der Waals surface area contributed by atoms with Gasteiger partial charge in [-0.15, -0.1) is 0 Å². The Morgan fingerprint density at radius 1 is 0.935 bits per heavy atom. The van der Waals surface area contributed by atoms with Crippen LogP contribution >= 0.6 is 0 Å². The summed E-state index contributed by atoms with van der Waals surface area (Å²) in [5.41, 5.74) is -3.99. The van der Waals surface area contributed by atoms with Crippen molar-refractivity contribution >= 4 is 17.6 Å². The van der Waals surface area contributed by atoms with Crippen LogP contribution in [-0.2, 0) is 21.9 Å². The normalized spacial score (nSPS) is 11.5. The molecule has 0 saturated heterocycles. The quantitative estimate of drug-likeness (QED) is 0.473. The molecule has 0 N–H and O–H groups in total. The molecule has 11 heteroatoms. The summed E-state index contributed by atoms with van der Waals surface area (Å²) in [5, 5.41) is 8.74. The molecular weight excluding hydrogens is 430 g/mol. The smallest absolute Gasteiger partial charge is 0.416 e. The van der Waals surface area contributed by atoms with Crippen LogP contribution in [0.5, 0.6) is 0 Å². The molecule has 31 heavy (non-hydrogen) atoms. The van der Waals surface area contributed by atoms with Crippen molar-refractivity contribution < 1.29 is 40.7 Å². The molecule has 0 aromatic heterocycles. The summed E-state index contributed by atoms with van der Waals surface area (Å²) in [6, 6.07) is 10.1. The molecule has 0 atom stereocenters. The number of benzene rings is 2. The molecule has 0 unspecified atom stereocenters. The first-order valence-corrected chi connectivity index (χ1v) is 8.62. The van der Waals surface area contributed by atoms with Gasteiger partial charge in [0.05, 0.1) is 29.2 Å². The number of amides is 1. The molecule has 0 aliphatic heterocycles. The molecule has 164 valence electrons. The predicted octanol–water partition coefficient (Wildman–Crippen LogP) is 4.83. The number of esters is 1. The molecule has 2 aromatic rings. The summed E-state index contributed by atoms with van der Waals surface area (Å²) in [4.78, 5) is 25.6. The van der Waals surface area contributed by atoms with Gasteiger partial charge in [-0.05, 0) is 30.3 Å². The van der Waals surface area contributed by atoms with E-state index in [4.69, 9.17) is 5.26 Å². The van der Waals surface area contributed by atoms with E-state index in [-0.39, 0.29) is 31.2 Å². The second-order valence-corrected chi connectivity index (χ2v) is 6.16. The molecule has 0 heterocycles. The second-order valence-electron chi connectivity index (χ2n) is 6.16. The lowest BCUT2D eigenvalue weighted by Gasteiger charge is -2.21. The molecule has 5 nitrogen and oxygen atoms in total. The highest BCUT2D eigenvalue weighted by Crippen LogP contribution is 2.36. The minimum atomic E-state index is -5.13. The van der Waals surface area contributed by atoms with Gasteiger partial charge in [-0.2, -0.15) is 31.6 Å². The van der Waals surface area contributed by atoms with E-state index in [2.05, 4.69) is 4.74 Å². The number of alkyl halides is 6. The molecule has 1 amide bonds. The minimum absolute atomic E-state index is 0.0569. The third-order valence-electron chi connectivity index (χ3n) is 3.97. The second kappa shape index (κ2) is 9.51. The lowest BCUT2D eigenvalue weighted by molar-refractivity contribution is -0.143. The van der Waals surface area contributed by atoms with Crippen molar-refractivity contribution in [2.45, 2.75) is 18.8 Å². The van der Waals surface area contributed by atoms with E-state index in [0.717, 1.165) is 4.90 Å². The number of carbonyl (C=O) groups excluding carboxylic acids is 2. The molecule has 0 aliphatic carbocycles. The van der Waals surface area contributed by atoms with Gasteiger partial charge in [-0.25, -0.2) is 4.79 Å². The van der Waals surface area contributed by atoms with E-state index in [1.807, 2.05) is 6.07 Å². The number of halogens is 6. The maximum absolute atomic E-state index is 12.9. The third kappa shape index (κ3) is 6.47. The number of ether oxygens (including phenoxy) is 1. The first-order chi connectivity index (χ1) is 14.4. The third-order valence-corrected chi connectivity index (χ3v) is 3.97. The van der Waals surface area contributed by atoms with Crippen LogP contribution in [0.4, 0.5) is 32.0 Å². The Hall–Kier alpha value is -3.55. The van der Waals surface area contributed by atoms with Crippen molar-refractivity contribution in [3.8, 4) is 6.07 Å². The van der Waals surface area contributed by atoms with Gasteiger partial charge in [0, 0.05) is 12.2 Å². The van der Waals surface area contributed by atoms with Crippen LogP contribution < -0.4 is 4.90 Å². The molecule has 2 aromatic carbocycles. The summed E-state index contributed by atoms with van der Waals surface area (Å²) in [6.45, 7) is -1.00. The van der Waals surface area contributed by atoms with Crippen molar-refractivity contribution in [3.63, 3.8) is 0 Å². The molecule has 0 spiro atoms. The van der Waals surface area contributed by atoms with Crippen molar-refractivity contribution in [3.05, 3.63) is 65.2 Å². The van der Waals surface area contributed by atoms with Crippen LogP contribution in [0.1, 0.15) is 27.9 Å². The van der Waals surface area contributed by atoms with Gasteiger partial charge in [0.1, 0.15) is 0 Å². The SMILES string of the molecule is N#CCCN(C(=O)COC(=O)c1cc(C(F)(F)F)cc(C(F)(F)F)c1)c1ccccc1. The number of hydrogen-bond acceptors (Lipinski definition) is 4. The molecule has 0 radical (unpaired) electrons. The van der Waals surface area contributed by atoms with Gasteiger partial charge in [-0.1, -0.05) is 18.2 Å². The van der Waals surface area contributed by atoms with Crippen molar-refractivity contribution in [1.82, 2.24) is 0 Å². The van der Waals surface area contributed by atoms with E-state index in [1.165, 1.54) is 0 Å². The number of hydrogen-bond donors (Lipinski definition) is 0. The average Bonchev–Trinajstić information content (AvgIpc) is 2.71. The van der Waals surface area contributed by atoms with Crippen LogP contribution in [0.3, 0.4) is 0 Å². The predicted molar refractivity (Wildman–Crippen MR) is 95.8 cm³/mol. The Morgan fingerprint density at radius 2 is 1.48 bits per heavy atom. The number of para-hydroxylation sites is 1. The van der Waals surface area contributed by atoms with E-state index >= 15 is 0 Å². The van der Waals surface area contributed by atoms with Crippen molar-refractivity contribution in [2.24, 2.45) is 0 Å². The largest absolute Gasteiger partial charge is 0.452 e. The number of carbonyl (C=O) groups is 2. The Morgan fingerprint density at radius 3 is 1.97 bits per heavy atom. The topological polar surface area (TPSA) is 70.4 Å². The van der Waals surface area contributed by atoms with Crippen LogP contribution in [0.25, 0.3) is 0 Å². The van der Waals surface area contributed by atoms with Gasteiger partial charge in [-0.3, -0.25) is 4.79 Å². The lowest BCUT2D eigenvalue weighted by Crippen LogP contribution is -2.35. The van der Waals surface area contributed by atoms with Gasteiger partial charge < -0.3 is 9.64 Å². The van der Waals surface area contributed by atoms with Crippen molar-refractivity contribution in [1.29, 1.82) is 5.26 Å². The fraction of sp³-hybridized carbons (Fsp3) is 0.250. The van der Waals surface area contributed by atoms with Gasteiger partial charge in [0.25, 0.3) is 5.91 Å². The van der Waals surface area contributed by atoms with E-state index in [9.17, 15) is 35.9 Å². The number of nitriles is 1. The van der Waals surface area contributed by atoms with Gasteiger partial charge >= 0.3 is 18.3 Å². The highest BCUT2D eigenvalue weighted by molar-refractivity contribution is 5.97.